The molecule has 0 spiro atoms. The van der Waals surface area contributed by atoms with Crippen LogP contribution >= 0.6 is 0 Å². The van der Waals surface area contributed by atoms with E-state index in [1.54, 1.807) is 6.20 Å². The maximum absolute atomic E-state index is 5.45. The molecule has 5 heteroatoms. The molecule has 0 aliphatic rings. The molecule has 1 heterocycles. The van der Waals surface area contributed by atoms with Crippen molar-refractivity contribution >= 4 is 5.82 Å². The number of hydrazine groups is 1. The Morgan fingerprint density at radius 3 is 3.11 bits per heavy atom. The second kappa shape index (κ2) is 2.45. The third-order valence-electron chi connectivity index (χ3n) is 1.04. The van der Waals surface area contributed by atoms with E-state index in [0.717, 1.165) is 6.54 Å². The van der Waals surface area contributed by atoms with Crippen LogP contribution in [0, 0.1) is 0 Å². The molecule has 0 aliphatic carbocycles. The predicted octanol–water partition coefficient (Wildman–Crippen LogP) is -0.495. The summed E-state index contributed by atoms with van der Waals surface area (Å²) >= 11 is 0. The van der Waals surface area contributed by atoms with Gasteiger partial charge in [0.2, 0.25) is 0 Å². The van der Waals surface area contributed by atoms with Gasteiger partial charge in [0.25, 0.3) is 0 Å². The average Bonchev–Trinajstić information content (AvgIpc) is 2.37. The van der Waals surface area contributed by atoms with Crippen LogP contribution in [0.2, 0.25) is 0 Å². The van der Waals surface area contributed by atoms with E-state index in [1.165, 1.54) is 5.01 Å². The molecule has 1 aromatic rings. The number of nitrogens with one attached hydrogen (secondary N) is 1. The molecule has 1 aromatic heterocycles. The summed E-state index contributed by atoms with van der Waals surface area (Å²) in [5, 5.41) is 11.3. The van der Waals surface area contributed by atoms with Crippen molar-refractivity contribution in [3.8, 4) is 0 Å². The predicted molar refractivity (Wildman–Crippen MR) is 33.6 cm³/mol. The fourth-order valence-electron chi connectivity index (χ4n) is 0.496. The number of hydrogen-bond acceptors (Lipinski definition) is 4. The van der Waals surface area contributed by atoms with Crippen LogP contribution in [0.5, 0.6) is 0 Å². The molecule has 0 saturated carbocycles. The topological polar surface area (TPSA) is 70.8 Å². The Bertz CT molecular complexity index is 157. The molecule has 0 atom stereocenters. The number of nitrogens with two attached hydrogens (primary N) is 1. The van der Waals surface area contributed by atoms with Gasteiger partial charge in [0.05, 0.1) is 6.20 Å². The van der Waals surface area contributed by atoms with Gasteiger partial charge in [-0.3, -0.25) is 5.01 Å². The van der Waals surface area contributed by atoms with Gasteiger partial charge in [-0.2, -0.15) is 10.3 Å². The van der Waals surface area contributed by atoms with Crippen LogP contribution in [0.15, 0.2) is 6.20 Å². The fraction of sp³-hybridized carbons (Fsp3) is 0.500. The summed E-state index contributed by atoms with van der Waals surface area (Å²) in [5.74, 6) is 6.11. The van der Waals surface area contributed by atoms with Crippen molar-refractivity contribution in [2.24, 2.45) is 5.84 Å². The van der Waals surface area contributed by atoms with E-state index < -0.39 is 0 Å². The number of H-pyrrole nitrogens is 1. The lowest BCUT2D eigenvalue weighted by atomic mass is 10.6. The first kappa shape index (κ1) is 6.03. The van der Waals surface area contributed by atoms with Gasteiger partial charge in [-0.15, -0.1) is 5.10 Å². The summed E-state index contributed by atoms with van der Waals surface area (Å²) < 4.78 is 0. The zero-order valence-corrected chi connectivity index (χ0v) is 5.20. The number of anilines is 1. The standard InChI is InChI=1S/C4H9N5/c1-2-9(5)4-3-6-8-7-4/h3H,2,5H2,1H3,(H,6,7,8). The number of aromatic nitrogens is 3. The second-order valence-electron chi connectivity index (χ2n) is 1.61. The SMILES string of the molecule is CCN(N)c1cn[nH]n1. The fourth-order valence-corrected chi connectivity index (χ4v) is 0.496. The van der Waals surface area contributed by atoms with Crippen LogP contribution in [0.1, 0.15) is 6.92 Å². The van der Waals surface area contributed by atoms with Gasteiger partial charge >= 0.3 is 0 Å². The molecule has 0 radical (unpaired) electrons. The van der Waals surface area contributed by atoms with Crippen LogP contribution in [-0.4, -0.2) is 22.0 Å². The van der Waals surface area contributed by atoms with E-state index in [4.69, 9.17) is 5.84 Å². The molecule has 0 unspecified atom stereocenters. The Kier molecular flexibility index (Phi) is 1.64. The van der Waals surface area contributed by atoms with Crippen LogP contribution < -0.4 is 10.9 Å². The van der Waals surface area contributed by atoms with Gasteiger partial charge in [0.1, 0.15) is 0 Å². The Balaban J connectivity index is 2.65. The third-order valence-corrected chi connectivity index (χ3v) is 1.04. The van der Waals surface area contributed by atoms with Crippen molar-refractivity contribution in [2.75, 3.05) is 11.6 Å². The van der Waals surface area contributed by atoms with Crippen molar-refractivity contribution in [1.82, 2.24) is 15.4 Å². The summed E-state index contributed by atoms with van der Waals surface area (Å²) in [7, 11) is 0. The molecule has 50 valence electrons. The maximum Gasteiger partial charge on any atom is 0.184 e. The molecule has 0 bridgehead atoms. The molecule has 0 fully saturated rings. The van der Waals surface area contributed by atoms with E-state index >= 15 is 0 Å². The Labute approximate surface area is 52.8 Å². The summed E-state index contributed by atoms with van der Waals surface area (Å²) in [6.45, 7) is 2.67. The summed E-state index contributed by atoms with van der Waals surface area (Å²) in [5.41, 5.74) is 0. The smallest absolute Gasteiger partial charge is 0.184 e. The van der Waals surface area contributed by atoms with Crippen molar-refractivity contribution in [3.05, 3.63) is 6.20 Å². The van der Waals surface area contributed by atoms with Crippen molar-refractivity contribution in [3.63, 3.8) is 0 Å². The van der Waals surface area contributed by atoms with E-state index in [2.05, 4.69) is 15.4 Å². The average molecular weight is 127 g/mol. The van der Waals surface area contributed by atoms with Gasteiger partial charge in [-0.25, -0.2) is 5.84 Å². The van der Waals surface area contributed by atoms with Crippen LogP contribution in [0.25, 0.3) is 0 Å². The lowest BCUT2D eigenvalue weighted by molar-refractivity contribution is 0.851. The molecule has 0 amide bonds. The summed E-state index contributed by atoms with van der Waals surface area (Å²) in [6, 6.07) is 0. The summed E-state index contributed by atoms with van der Waals surface area (Å²) in [4.78, 5) is 0. The molecular formula is C4H9N5. The number of rotatable bonds is 2. The molecule has 1 rings (SSSR count). The largest absolute Gasteiger partial charge is 0.292 e. The van der Waals surface area contributed by atoms with Gasteiger partial charge < -0.3 is 0 Å². The molecule has 0 aliphatic heterocycles. The molecule has 5 nitrogen and oxygen atoms in total. The highest BCUT2D eigenvalue weighted by molar-refractivity contribution is 5.30. The lowest BCUT2D eigenvalue weighted by Gasteiger charge is -2.09. The van der Waals surface area contributed by atoms with Crippen molar-refractivity contribution < 1.29 is 0 Å². The molecule has 0 aromatic carbocycles. The summed E-state index contributed by atoms with van der Waals surface area (Å²) in [6.07, 6.45) is 1.57. The molecule has 9 heavy (non-hydrogen) atoms. The van der Waals surface area contributed by atoms with Gasteiger partial charge in [0, 0.05) is 6.54 Å². The second-order valence-corrected chi connectivity index (χ2v) is 1.61. The first-order valence-corrected chi connectivity index (χ1v) is 2.72. The minimum absolute atomic E-state index is 0.664. The quantitative estimate of drug-likeness (QED) is 0.415. The Morgan fingerprint density at radius 2 is 2.67 bits per heavy atom. The first-order chi connectivity index (χ1) is 4.34. The maximum atomic E-state index is 5.45. The van der Waals surface area contributed by atoms with Crippen LogP contribution in [0.4, 0.5) is 5.82 Å². The molecule has 3 N–H and O–H groups in total. The van der Waals surface area contributed by atoms with Crippen molar-refractivity contribution in [2.45, 2.75) is 6.92 Å². The highest BCUT2D eigenvalue weighted by Crippen LogP contribution is 1.98. The number of nitrogens with zero attached hydrogens (tertiary/aromatic N) is 3. The minimum Gasteiger partial charge on any atom is -0.292 e. The monoisotopic (exact) mass is 127 g/mol. The van der Waals surface area contributed by atoms with E-state index in [1.807, 2.05) is 6.92 Å². The van der Waals surface area contributed by atoms with E-state index in [0.29, 0.717) is 5.82 Å². The number of hydrogen-bond donors (Lipinski definition) is 2. The Morgan fingerprint density at radius 1 is 1.89 bits per heavy atom. The Hall–Kier alpha value is -1.10. The zero-order valence-electron chi connectivity index (χ0n) is 5.20. The highest BCUT2D eigenvalue weighted by Gasteiger charge is 1.98. The van der Waals surface area contributed by atoms with Crippen LogP contribution in [0.3, 0.4) is 0 Å². The van der Waals surface area contributed by atoms with Crippen molar-refractivity contribution in [1.29, 1.82) is 0 Å². The van der Waals surface area contributed by atoms with Crippen LogP contribution in [-0.2, 0) is 0 Å². The minimum atomic E-state index is 0.664. The van der Waals surface area contributed by atoms with E-state index in [-0.39, 0.29) is 0 Å². The molecule has 0 saturated heterocycles. The third kappa shape index (κ3) is 1.17. The number of aromatic amines is 1. The highest BCUT2D eigenvalue weighted by atomic mass is 15.5. The van der Waals surface area contributed by atoms with Gasteiger partial charge in [0.15, 0.2) is 5.82 Å². The first-order valence-electron chi connectivity index (χ1n) is 2.72. The molecular weight excluding hydrogens is 118 g/mol. The lowest BCUT2D eigenvalue weighted by Crippen LogP contribution is -2.30. The van der Waals surface area contributed by atoms with Gasteiger partial charge in [-0.1, -0.05) is 0 Å². The normalized spacial score (nSPS) is 9.56. The van der Waals surface area contributed by atoms with E-state index in [9.17, 15) is 0 Å². The zero-order chi connectivity index (χ0) is 6.69. The van der Waals surface area contributed by atoms with Gasteiger partial charge in [-0.05, 0) is 6.92 Å².